The third-order valence-corrected chi connectivity index (χ3v) is 7.52. The van der Waals surface area contributed by atoms with Crippen molar-refractivity contribution >= 4 is 58.3 Å². The van der Waals surface area contributed by atoms with Crippen LogP contribution in [-0.4, -0.2) is 54.8 Å². The Hall–Kier alpha value is -4.04. The first-order chi connectivity index (χ1) is 16.7. The molecule has 1 aromatic carbocycles. The summed E-state index contributed by atoms with van der Waals surface area (Å²) >= 11 is 2.59. The summed E-state index contributed by atoms with van der Waals surface area (Å²) in [5.41, 5.74) is -0.976. The number of hydrogen-bond donors (Lipinski definition) is 2. The van der Waals surface area contributed by atoms with Gasteiger partial charge in [-0.25, -0.2) is 4.79 Å². The van der Waals surface area contributed by atoms with Crippen LogP contribution < -0.4 is 5.32 Å². The highest BCUT2D eigenvalue weighted by atomic mass is 32.2. The summed E-state index contributed by atoms with van der Waals surface area (Å²) in [6.07, 6.45) is 4.20. The van der Waals surface area contributed by atoms with Gasteiger partial charge < -0.3 is 10.4 Å². The van der Waals surface area contributed by atoms with Gasteiger partial charge in [-0.05, 0) is 23.6 Å². The van der Waals surface area contributed by atoms with Crippen molar-refractivity contribution in [1.82, 2.24) is 10.2 Å². The summed E-state index contributed by atoms with van der Waals surface area (Å²) < 4.78 is 0. The van der Waals surface area contributed by atoms with Crippen LogP contribution in [0.5, 0.6) is 0 Å². The predicted molar refractivity (Wildman–Crippen MR) is 127 cm³/mol. The van der Waals surface area contributed by atoms with Crippen molar-refractivity contribution in [2.24, 2.45) is 0 Å². The Morgan fingerprint density at radius 2 is 2.00 bits per heavy atom. The SMILES string of the molecule is O=C(O)C1=CCS[C@@H]2[C@H](NC(=O)[C@@H](/C=C/c3ccc([N+](=O)[O-])cc3[N+](=O)[O-])c3cccs3)C(=O)N12. The van der Waals surface area contributed by atoms with E-state index >= 15 is 0 Å². The van der Waals surface area contributed by atoms with Crippen molar-refractivity contribution in [3.63, 3.8) is 0 Å². The van der Waals surface area contributed by atoms with E-state index in [1.807, 2.05) is 0 Å². The van der Waals surface area contributed by atoms with E-state index in [1.54, 1.807) is 17.5 Å². The van der Waals surface area contributed by atoms with E-state index in [0.717, 1.165) is 17.0 Å². The van der Waals surface area contributed by atoms with Crippen LogP contribution in [0.2, 0.25) is 0 Å². The number of benzene rings is 1. The highest BCUT2D eigenvalue weighted by Crippen LogP contribution is 2.38. The minimum absolute atomic E-state index is 0.0694. The van der Waals surface area contributed by atoms with Crippen molar-refractivity contribution in [3.8, 4) is 0 Å². The number of amides is 2. The third-order valence-electron chi connectivity index (χ3n) is 5.39. The van der Waals surface area contributed by atoms with Crippen LogP contribution in [0.1, 0.15) is 16.4 Å². The van der Waals surface area contributed by atoms with Crippen LogP contribution in [0.4, 0.5) is 11.4 Å². The van der Waals surface area contributed by atoms with E-state index in [2.05, 4.69) is 5.32 Å². The van der Waals surface area contributed by atoms with Gasteiger partial charge in [0.2, 0.25) is 5.91 Å². The summed E-state index contributed by atoms with van der Waals surface area (Å²) in [5, 5.41) is 35.5. The number of hydrogen-bond acceptors (Lipinski definition) is 9. The van der Waals surface area contributed by atoms with Gasteiger partial charge in [-0.3, -0.25) is 34.7 Å². The maximum Gasteiger partial charge on any atom is 0.352 e. The number of nitro benzene ring substituents is 2. The minimum atomic E-state index is -1.22. The zero-order valence-electron chi connectivity index (χ0n) is 17.6. The molecule has 1 aromatic heterocycles. The molecule has 0 spiro atoms. The Morgan fingerprint density at radius 1 is 1.23 bits per heavy atom. The molecular weight excluding hydrogens is 500 g/mol. The van der Waals surface area contributed by atoms with E-state index in [-0.39, 0.29) is 11.3 Å². The van der Waals surface area contributed by atoms with Crippen molar-refractivity contribution in [2.45, 2.75) is 17.3 Å². The average molecular weight is 517 g/mol. The number of aliphatic carboxylic acids is 1. The highest BCUT2D eigenvalue weighted by Gasteiger charge is 2.53. The second-order valence-corrected chi connectivity index (χ2v) is 9.55. The number of nitro groups is 2. The number of thioether (sulfide) groups is 1. The lowest BCUT2D eigenvalue weighted by atomic mass is 10.0. The van der Waals surface area contributed by atoms with Gasteiger partial charge in [-0.2, -0.15) is 0 Å². The molecule has 1 saturated heterocycles. The summed E-state index contributed by atoms with van der Waals surface area (Å²) in [6.45, 7) is 0. The van der Waals surface area contributed by atoms with Crippen LogP contribution in [0.25, 0.3) is 6.08 Å². The fourth-order valence-corrected chi connectivity index (χ4v) is 5.70. The van der Waals surface area contributed by atoms with Gasteiger partial charge in [0.05, 0.1) is 27.4 Å². The minimum Gasteiger partial charge on any atom is -0.477 e. The number of carboxylic acids is 1. The number of β-lactam (4-membered cyclic amide) rings is 1. The first-order valence-electron chi connectivity index (χ1n) is 10.0. The van der Waals surface area contributed by atoms with E-state index in [0.29, 0.717) is 10.6 Å². The standard InChI is InChI=1S/C21H16N4O8S2/c26-18(22-17-19(27)23-14(21(28)29)7-9-35-20(17)23)13(16-2-1-8-34-16)6-4-11-3-5-12(24(30)31)10-15(11)25(32)33/h1-8,10,13,17,20H,9H2,(H,22,26)(H,28,29)/b6-4+/t13-,17+,20+/m0/s1. The molecule has 35 heavy (non-hydrogen) atoms. The molecule has 2 aliphatic rings. The molecule has 12 nitrogen and oxygen atoms in total. The molecule has 4 rings (SSSR count). The Bertz CT molecular complexity index is 1290. The molecule has 0 unspecified atom stereocenters. The van der Waals surface area contributed by atoms with Crippen LogP contribution >= 0.6 is 23.1 Å². The van der Waals surface area contributed by atoms with Crippen molar-refractivity contribution in [1.29, 1.82) is 0 Å². The zero-order valence-corrected chi connectivity index (χ0v) is 19.2. The lowest BCUT2D eigenvalue weighted by molar-refractivity contribution is -0.394. The summed E-state index contributed by atoms with van der Waals surface area (Å²) in [4.78, 5) is 59.8. The van der Waals surface area contributed by atoms with E-state index < -0.39 is 56.3 Å². The highest BCUT2D eigenvalue weighted by molar-refractivity contribution is 8.00. The normalized spacial score (nSPS) is 19.9. The summed E-state index contributed by atoms with van der Waals surface area (Å²) in [6, 6.07) is 5.69. The van der Waals surface area contributed by atoms with E-state index in [1.165, 1.54) is 47.4 Å². The fraction of sp³-hybridized carbons (Fsp3) is 0.190. The smallest absolute Gasteiger partial charge is 0.352 e. The van der Waals surface area contributed by atoms with Gasteiger partial charge in [0.1, 0.15) is 17.1 Å². The van der Waals surface area contributed by atoms with E-state index in [9.17, 15) is 39.7 Å². The third kappa shape index (κ3) is 4.65. The molecule has 2 aromatic rings. The molecule has 0 bridgehead atoms. The lowest BCUT2D eigenvalue weighted by Crippen LogP contribution is -2.70. The predicted octanol–water partition coefficient (Wildman–Crippen LogP) is 2.73. The van der Waals surface area contributed by atoms with Crippen LogP contribution in [-0.2, 0) is 14.4 Å². The second-order valence-electron chi connectivity index (χ2n) is 7.42. The Labute approximate surface area is 205 Å². The number of fused-ring (bicyclic) bond motifs is 1. The monoisotopic (exact) mass is 516 g/mol. The summed E-state index contributed by atoms with van der Waals surface area (Å²) in [7, 11) is 0. The second kappa shape index (κ2) is 9.68. The molecule has 2 amide bonds. The fourth-order valence-electron chi connectivity index (χ4n) is 3.71. The molecule has 14 heteroatoms. The molecule has 3 heterocycles. The van der Waals surface area contributed by atoms with Gasteiger partial charge in [0, 0.05) is 16.7 Å². The molecule has 1 fully saturated rings. The number of non-ortho nitro benzene ring substituents is 1. The molecule has 0 radical (unpaired) electrons. The number of carboxylic acid groups (broad SMARTS) is 1. The molecule has 2 aliphatic heterocycles. The first-order valence-corrected chi connectivity index (χ1v) is 11.9. The molecule has 3 atom stereocenters. The van der Waals surface area contributed by atoms with E-state index in [4.69, 9.17) is 0 Å². The molecule has 0 aliphatic carbocycles. The van der Waals surface area contributed by atoms with Crippen molar-refractivity contribution in [3.05, 3.63) is 84.2 Å². The Balaban J connectivity index is 1.57. The van der Waals surface area contributed by atoms with Crippen LogP contribution in [0.15, 0.2) is 53.6 Å². The van der Waals surface area contributed by atoms with Crippen molar-refractivity contribution in [2.75, 3.05) is 5.75 Å². The number of thiophene rings is 1. The quantitative estimate of drug-likeness (QED) is 0.304. The number of rotatable bonds is 8. The molecule has 180 valence electrons. The largest absolute Gasteiger partial charge is 0.477 e. The number of carbonyl (C=O) groups is 3. The van der Waals surface area contributed by atoms with Gasteiger partial charge in [-0.1, -0.05) is 18.2 Å². The number of carbonyl (C=O) groups excluding carboxylic acids is 2. The van der Waals surface area contributed by atoms with Crippen LogP contribution in [0, 0.1) is 20.2 Å². The topological polar surface area (TPSA) is 173 Å². The maximum atomic E-state index is 13.2. The van der Waals surface area contributed by atoms with Gasteiger partial charge >= 0.3 is 5.97 Å². The Morgan fingerprint density at radius 3 is 2.63 bits per heavy atom. The zero-order chi connectivity index (χ0) is 25.3. The molecule has 0 saturated carbocycles. The lowest BCUT2D eigenvalue weighted by Gasteiger charge is -2.48. The summed E-state index contributed by atoms with van der Waals surface area (Å²) in [5.74, 6) is -2.84. The maximum absolute atomic E-state index is 13.2. The Kier molecular flexibility index (Phi) is 6.66. The molecule has 2 N–H and O–H groups in total. The van der Waals surface area contributed by atoms with Gasteiger partial charge in [0.25, 0.3) is 17.3 Å². The number of nitrogens with one attached hydrogen (secondary N) is 1. The van der Waals surface area contributed by atoms with Gasteiger partial charge in [-0.15, -0.1) is 23.1 Å². The van der Waals surface area contributed by atoms with Crippen LogP contribution in [0.3, 0.4) is 0 Å². The molecular formula is C21H16N4O8S2. The first kappa shape index (κ1) is 24.1. The number of nitrogens with zero attached hydrogens (tertiary/aromatic N) is 3. The van der Waals surface area contributed by atoms with Gasteiger partial charge in [0.15, 0.2) is 0 Å². The average Bonchev–Trinajstić information content (AvgIpc) is 3.36. The van der Waals surface area contributed by atoms with Crippen molar-refractivity contribution < 1.29 is 29.3 Å².